The molecule has 1 N–H and O–H groups in total. The van der Waals surface area contributed by atoms with Crippen molar-refractivity contribution in [2.24, 2.45) is 11.8 Å². The maximum atomic E-state index is 14.0. The third-order valence-electron chi connectivity index (χ3n) is 7.31. The van der Waals surface area contributed by atoms with E-state index < -0.39 is 41.2 Å². The Labute approximate surface area is 208 Å². The molecule has 3 aliphatic rings. The third-order valence-corrected chi connectivity index (χ3v) is 7.56. The molecule has 2 aromatic carbocycles. The minimum atomic E-state index is -1.54. The van der Waals surface area contributed by atoms with Crippen LogP contribution in [0.1, 0.15) is 30.5 Å². The smallest absolute Gasteiger partial charge is 0.308 e. The summed E-state index contributed by atoms with van der Waals surface area (Å²) in [4.78, 5) is 57.3. The normalized spacial score (nSPS) is 28.0. The Bertz CT molecular complexity index is 1200. The van der Waals surface area contributed by atoms with Crippen LogP contribution in [-0.2, 0) is 23.9 Å². The Morgan fingerprint density at radius 3 is 2.43 bits per heavy atom. The van der Waals surface area contributed by atoms with E-state index in [2.05, 4.69) is 5.32 Å². The number of ether oxygens (including phenoxy) is 1. The number of carbonyl (C=O) groups excluding carboxylic acids is 4. The van der Waals surface area contributed by atoms with E-state index in [0.717, 1.165) is 11.1 Å². The van der Waals surface area contributed by atoms with Crippen LogP contribution < -0.4 is 10.2 Å². The molecule has 3 fully saturated rings. The summed E-state index contributed by atoms with van der Waals surface area (Å²) < 4.78 is 5.21. The van der Waals surface area contributed by atoms with Crippen molar-refractivity contribution < 1.29 is 23.9 Å². The zero-order chi connectivity index (χ0) is 24.9. The first-order valence-electron chi connectivity index (χ1n) is 11.7. The number of nitrogens with zero attached hydrogens (tertiary/aromatic N) is 2. The summed E-state index contributed by atoms with van der Waals surface area (Å²) in [6.45, 7) is 4.48. The Hall–Kier alpha value is -3.23. The van der Waals surface area contributed by atoms with Crippen LogP contribution in [0, 0.1) is 18.8 Å². The van der Waals surface area contributed by atoms with Crippen LogP contribution in [0.3, 0.4) is 0 Å². The van der Waals surface area contributed by atoms with Gasteiger partial charge in [-0.3, -0.25) is 24.1 Å². The molecule has 0 aromatic heterocycles. The number of fused-ring (bicyclic) bond motifs is 3. The van der Waals surface area contributed by atoms with E-state index in [4.69, 9.17) is 16.3 Å². The highest BCUT2D eigenvalue weighted by molar-refractivity contribution is 6.30. The van der Waals surface area contributed by atoms with E-state index in [1.165, 1.54) is 4.90 Å². The maximum Gasteiger partial charge on any atom is 0.308 e. The lowest BCUT2D eigenvalue weighted by Crippen LogP contribution is -2.67. The summed E-state index contributed by atoms with van der Waals surface area (Å²) in [5.74, 6) is -3.76. The molecule has 3 amide bonds. The monoisotopic (exact) mass is 495 g/mol. The lowest BCUT2D eigenvalue weighted by Gasteiger charge is -2.45. The number of hydrogen-bond donors (Lipinski definition) is 1. The van der Waals surface area contributed by atoms with Gasteiger partial charge in [-0.25, -0.2) is 4.90 Å². The van der Waals surface area contributed by atoms with Gasteiger partial charge < -0.3 is 10.1 Å². The molecule has 182 valence electrons. The first kappa shape index (κ1) is 23.5. The summed E-state index contributed by atoms with van der Waals surface area (Å²) in [6, 6.07) is 13.6. The molecule has 0 spiro atoms. The molecule has 0 saturated carbocycles. The topological polar surface area (TPSA) is 96.0 Å². The molecule has 8 nitrogen and oxygen atoms in total. The number of halogens is 1. The Balaban J connectivity index is 1.69. The number of carbonyl (C=O) groups is 4. The van der Waals surface area contributed by atoms with Gasteiger partial charge in [-0.15, -0.1) is 0 Å². The number of nitrogens with one attached hydrogen (secondary N) is 1. The lowest BCUT2D eigenvalue weighted by molar-refractivity contribution is -0.156. The minimum absolute atomic E-state index is 0.146. The number of rotatable bonds is 5. The number of piperazine rings is 1. The van der Waals surface area contributed by atoms with Crippen molar-refractivity contribution in [3.05, 3.63) is 64.7 Å². The molecule has 3 saturated heterocycles. The SMILES string of the molecule is CCOC(=O)C[C@]12C(=O)NCCN1[C@H](c1ccc(Cl)cc1)[C@@H]1C(=O)N(c3ccc(C)cc3)C(=O)[C@H]12. The number of anilines is 1. The van der Waals surface area contributed by atoms with Gasteiger partial charge in [0.05, 0.1) is 30.6 Å². The number of esters is 1. The Morgan fingerprint density at radius 1 is 1.09 bits per heavy atom. The van der Waals surface area contributed by atoms with Crippen LogP contribution in [0.2, 0.25) is 5.02 Å². The predicted octanol–water partition coefficient (Wildman–Crippen LogP) is 2.63. The molecule has 5 rings (SSSR count). The van der Waals surface area contributed by atoms with Crippen LogP contribution in [0.5, 0.6) is 0 Å². The number of hydrogen-bond acceptors (Lipinski definition) is 6. The average molecular weight is 496 g/mol. The first-order valence-corrected chi connectivity index (χ1v) is 12.1. The van der Waals surface area contributed by atoms with Crippen LogP contribution in [0.25, 0.3) is 0 Å². The highest BCUT2D eigenvalue weighted by atomic mass is 35.5. The summed E-state index contributed by atoms with van der Waals surface area (Å²) in [5, 5.41) is 3.38. The predicted molar refractivity (Wildman–Crippen MR) is 129 cm³/mol. The molecule has 0 bridgehead atoms. The van der Waals surface area contributed by atoms with Crippen molar-refractivity contribution in [2.45, 2.75) is 31.8 Å². The molecule has 35 heavy (non-hydrogen) atoms. The molecule has 3 heterocycles. The number of aryl methyl sites for hydroxylation is 1. The van der Waals surface area contributed by atoms with E-state index in [-0.39, 0.29) is 18.9 Å². The van der Waals surface area contributed by atoms with Gasteiger partial charge in [-0.05, 0) is 43.7 Å². The van der Waals surface area contributed by atoms with Crippen molar-refractivity contribution in [1.29, 1.82) is 0 Å². The van der Waals surface area contributed by atoms with Gasteiger partial charge in [0.1, 0.15) is 5.54 Å². The van der Waals surface area contributed by atoms with Crippen molar-refractivity contribution in [3.63, 3.8) is 0 Å². The van der Waals surface area contributed by atoms with E-state index in [9.17, 15) is 19.2 Å². The van der Waals surface area contributed by atoms with Gasteiger partial charge in [-0.1, -0.05) is 41.4 Å². The summed E-state index contributed by atoms with van der Waals surface area (Å²) in [6.07, 6.45) is -0.321. The molecular weight excluding hydrogens is 470 g/mol. The van der Waals surface area contributed by atoms with Crippen LogP contribution in [-0.4, -0.2) is 53.8 Å². The molecule has 0 unspecified atom stereocenters. The summed E-state index contributed by atoms with van der Waals surface area (Å²) in [7, 11) is 0. The van der Waals surface area contributed by atoms with Crippen molar-refractivity contribution in [1.82, 2.24) is 10.2 Å². The van der Waals surface area contributed by atoms with Crippen molar-refractivity contribution >= 4 is 41.0 Å². The molecular formula is C26H26ClN3O5. The zero-order valence-electron chi connectivity index (χ0n) is 19.5. The molecule has 0 aliphatic carbocycles. The second kappa shape index (κ2) is 8.77. The van der Waals surface area contributed by atoms with Gasteiger partial charge in [0.2, 0.25) is 17.7 Å². The highest BCUT2D eigenvalue weighted by Gasteiger charge is 2.73. The molecule has 9 heteroatoms. The van der Waals surface area contributed by atoms with Crippen LogP contribution in [0.15, 0.2) is 48.5 Å². The average Bonchev–Trinajstić information content (AvgIpc) is 3.26. The van der Waals surface area contributed by atoms with Gasteiger partial charge in [0.15, 0.2) is 0 Å². The Morgan fingerprint density at radius 2 is 1.77 bits per heavy atom. The van der Waals surface area contributed by atoms with Gasteiger partial charge in [-0.2, -0.15) is 0 Å². The van der Waals surface area contributed by atoms with Gasteiger partial charge in [0, 0.05) is 24.2 Å². The second-order valence-electron chi connectivity index (χ2n) is 9.20. The van der Waals surface area contributed by atoms with Crippen LogP contribution in [0.4, 0.5) is 5.69 Å². The first-order chi connectivity index (χ1) is 16.8. The molecule has 2 aromatic rings. The Kier molecular flexibility index (Phi) is 5.89. The number of imide groups is 1. The van der Waals surface area contributed by atoms with Gasteiger partial charge >= 0.3 is 5.97 Å². The van der Waals surface area contributed by atoms with Crippen molar-refractivity contribution in [3.8, 4) is 0 Å². The van der Waals surface area contributed by atoms with Crippen molar-refractivity contribution in [2.75, 3.05) is 24.6 Å². The van der Waals surface area contributed by atoms with E-state index in [0.29, 0.717) is 23.8 Å². The zero-order valence-corrected chi connectivity index (χ0v) is 20.2. The van der Waals surface area contributed by atoms with E-state index in [1.54, 1.807) is 31.2 Å². The third kappa shape index (κ3) is 3.54. The highest BCUT2D eigenvalue weighted by Crippen LogP contribution is 2.57. The van der Waals surface area contributed by atoms with E-state index in [1.807, 2.05) is 36.1 Å². The quantitative estimate of drug-likeness (QED) is 0.506. The largest absolute Gasteiger partial charge is 0.466 e. The fraction of sp³-hybridized carbons (Fsp3) is 0.385. The molecule has 0 radical (unpaired) electrons. The van der Waals surface area contributed by atoms with Gasteiger partial charge in [0.25, 0.3) is 0 Å². The minimum Gasteiger partial charge on any atom is -0.466 e. The number of amides is 3. The molecule has 4 atom stereocenters. The standard InChI is InChI=1S/C26H26ClN3O5/c1-3-35-19(31)14-26-21-20(23(32)30(24(21)33)18-10-4-15(2)5-11-18)22(16-6-8-17(27)9-7-16)29(26)13-12-28-25(26)34/h4-11,20-22H,3,12-14H2,1-2H3,(H,28,34)/t20-,21+,22-,26+/m1/s1. The fourth-order valence-corrected chi connectivity index (χ4v) is 6.03. The maximum absolute atomic E-state index is 14.0. The summed E-state index contributed by atoms with van der Waals surface area (Å²) >= 11 is 6.12. The lowest BCUT2D eigenvalue weighted by atomic mass is 9.76. The van der Waals surface area contributed by atoms with Crippen LogP contribution >= 0.6 is 11.6 Å². The summed E-state index contributed by atoms with van der Waals surface area (Å²) in [5.41, 5.74) is 0.662. The molecule has 3 aliphatic heterocycles. The van der Waals surface area contributed by atoms with E-state index >= 15 is 0 Å². The fourth-order valence-electron chi connectivity index (χ4n) is 5.90. The second-order valence-corrected chi connectivity index (χ2v) is 9.64. The number of benzene rings is 2.